The molecule has 0 unspecified atom stereocenters. The third-order valence-electron chi connectivity index (χ3n) is 4.18. The zero-order chi connectivity index (χ0) is 16.7. The molecule has 1 saturated heterocycles. The number of ether oxygens (including phenoxy) is 1. The molecule has 6 nitrogen and oxygen atoms in total. The van der Waals surface area contributed by atoms with Crippen molar-refractivity contribution in [1.82, 2.24) is 4.90 Å². The Hall–Kier alpha value is -1.79. The predicted octanol–water partition coefficient (Wildman–Crippen LogP) is 0.879. The number of likely N-dealkylation sites (N-methyl/N-ethyl adjacent to an activating group) is 1. The van der Waals surface area contributed by atoms with E-state index in [4.69, 9.17) is 15.6 Å². The molecule has 3 N–H and O–H groups in total. The van der Waals surface area contributed by atoms with Gasteiger partial charge in [-0.05, 0) is 31.0 Å². The Labute approximate surface area is 137 Å². The van der Waals surface area contributed by atoms with Gasteiger partial charge in [0, 0.05) is 32.6 Å². The standard InChI is InChI=1S/C17H27N3O3/c1-2-19(7-10-21)17(22)6-4-14-3-5-16(15(18)13-14)20-8-11-23-12-9-20/h3,5,13,21H,2,4,6-12,18H2,1H3. The molecule has 0 spiro atoms. The number of amides is 1. The maximum atomic E-state index is 12.1. The SMILES string of the molecule is CCN(CCO)C(=O)CCc1ccc(N2CCOCC2)c(N)c1. The highest BCUT2D eigenvalue weighted by molar-refractivity contribution is 5.76. The lowest BCUT2D eigenvalue weighted by Crippen LogP contribution is -2.36. The Kier molecular flexibility index (Phi) is 6.67. The van der Waals surface area contributed by atoms with E-state index in [1.165, 1.54) is 0 Å². The smallest absolute Gasteiger partial charge is 0.222 e. The Morgan fingerprint density at radius 3 is 2.74 bits per heavy atom. The second-order valence-corrected chi connectivity index (χ2v) is 5.69. The molecule has 0 saturated carbocycles. The molecule has 0 atom stereocenters. The van der Waals surface area contributed by atoms with Crippen LogP contribution in [-0.2, 0) is 16.0 Å². The fourth-order valence-corrected chi connectivity index (χ4v) is 2.84. The van der Waals surface area contributed by atoms with Crippen molar-refractivity contribution in [3.63, 3.8) is 0 Å². The molecule has 1 heterocycles. The Bertz CT molecular complexity index is 516. The van der Waals surface area contributed by atoms with Gasteiger partial charge in [-0.15, -0.1) is 0 Å². The number of rotatable bonds is 7. The average molecular weight is 321 g/mol. The van der Waals surface area contributed by atoms with Crippen molar-refractivity contribution < 1.29 is 14.6 Å². The molecule has 1 fully saturated rings. The van der Waals surface area contributed by atoms with Gasteiger partial charge < -0.3 is 25.4 Å². The van der Waals surface area contributed by atoms with Crippen LogP contribution in [0.25, 0.3) is 0 Å². The summed E-state index contributed by atoms with van der Waals surface area (Å²) in [5.74, 6) is 0.0670. The molecule has 1 amide bonds. The van der Waals surface area contributed by atoms with Crippen LogP contribution in [0.3, 0.4) is 0 Å². The van der Waals surface area contributed by atoms with Crippen LogP contribution in [-0.4, -0.2) is 61.9 Å². The molecule has 0 aliphatic carbocycles. The van der Waals surface area contributed by atoms with E-state index in [2.05, 4.69) is 4.90 Å². The van der Waals surface area contributed by atoms with E-state index in [1.54, 1.807) is 4.90 Å². The number of benzene rings is 1. The van der Waals surface area contributed by atoms with Crippen molar-refractivity contribution in [1.29, 1.82) is 0 Å². The van der Waals surface area contributed by atoms with E-state index in [-0.39, 0.29) is 12.5 Å². The summed E-state index contributed by atoms with van der Waals surface area (Å²) in [7, 11) is 0. The summed E-state index contributed by atoms with van der Waals surface area (Å²) in [6.45, 7) is 6.11. The zero-order valence-corrected chi connectivity index (χ0v) is 13.8. The van der Waals surface area contributed by atoms with Gasteiger partial charge in [-0.2, -0.15) is 0 Å². The molecule has 0 radical (unpaired) electrons. The molecule has 6 heteroatoms. The van der Waals surface area contributed by atoms with Gasteiger partial charge >= 0.3 is 0 Å². The molecule has 0 bridgehead atoms. The van der Waals surface area contributed by atoms with Gasteiger partial charge in [-0.1, -0.05) is 6.07 Å². The van der Waals surface area contributed by atoms with E-state index < -0.39 is 0 Å². The van der Waals surface area contributed by atoms with Crippen LogP contribution in [0.4, 0.5) is 11.4 Å². The van der Waals surface area contributed by atoms with E-state index in [0.717, 1.165) is 43.2 Å². The maximum absolute atomic E-state index is 12.1. The molecular weight excluding hydrogens is 294 g/mol. The molecule has 1 aliphatic heterocycles. The molecule has 128 valence electrons. The van der Waals surface area contributed by atoms with Crippen LogP contribution in [0.5, 0.6) is 0 Å². The maximum Gasteiger partial charge on any atom is 0.222 e. The van der Waals surface area contributed by atoms with Crippen molar-refractivity contribution in [3.8, 4) is 0 Å². The summed E-state index contributed by atoms with van der Waals surface area (Å²) in [5.41, 5.74) is 9.03. The van der Waals surface area contributed by atoms with Gasteiger partial charge in [0.2, 0.25) is 5.91 Å². The monoisotopic (exact) mass is 321 g/mol. The van der Waals surface area contributed by atoms with Crippen molar-refractivity contribution in [2.75, 3.05) is 56.6 Å². The molecule has 23 heavy (non-hydrogen) atoms. The van der Waals surface area contributed by atoms with Crippen LogP contribution in [0, 0.1) is 0 Å². The summed E-state index contributed by atoms with van der Waals surface area (Å²) >= 11 is 0. The van der Waals surface area contributed by atoms with E-state index in [0.29, 0.717) is 25.9 Å². The van der Waals surface area contributed by atoms with Crippen molar-refractivity contribution >= 4 is 17.3 Å². The first-order valence-electron chi connectivity index (χ1n) is 8.25. The third kappa shape index (κ3) is 4.84. The first-order chi connectivity index (χ1) is 11.2. The van der Waals surface area contributed by atoms with Crippen LogP contribution < -0.4 is 10.6 Å². The molecular formula is C17H27N3O3. The topological polar surface area (TPSA) is 79.0 Å². The summed E-state index contributed by atoms with van der Waals surface area (Å²) in [4.78, 5) is 16.0. The molecule has 1 aromatic rings. The number of anilines is 2. The Morgan fingerprint density at radius 1 is 1.39 bits per heavy atom. The summed E-state index contributed by atoms with van der Waals surface area (Å²) in [5, 5.41) is 8.97. The van der Waals surface area contributed by atoms with Gasteiger partial charge in [0.15, 0.2) is 0 Å². The van der Waals surface area contributed by atoms with Gasteiger partial charge in [-0.3, -0.25) is 4.79 Å². The number of nitrogens with two attached hydrogens (primary N) is 1. The molecule has 0 aromatic heterocycles. The summed E-state index contributed by atoms with van der Waals surface area (Å²) in [6.07, 6.45) is 1.10. The average Bonchev–Trinajstić information content (AvgIpc) is 2.58. The molecule has 1 aromatic carbocycles. The number of nitrogen functional groups attached to an aromatic ring is 1. The van der Waals surface area contributed by atoms with Crippen LogP contribution >= 0.6 is 0 Å². The fraction of sp³-hybridized carbons (Fsp3) is 0.588. The van der Waals surface area contributed by atoms with Crippen molar-refractivity contribution in [2.24, 2.45) is 0 Å². The number of carbonyl (C=O) groups is 1. The summed E-state index contributed by atoms with van der Waals surface area (Å²) < 4.78 is 5.36. The van der Waals surface area contributed by atoms with Gasteiger partial charge in [0.05, 0.1) is 31.2 Å². The molecule has 2 rings (SSSR count). The minimum absolute atomic E-state index is 0.000768. The van der Waals surface area contributed by atoms with E-state index in [9.17, 15) is 4.79 Å². The lowest BCUT2D eigenvalue weighted by atomic mass is 10.1. The summed E-state index contributed by atoms with van der Waals surface area (Å²) in [6, 6.07) is 6.03. The highest BCUT2D eigenvalue weighted by Gasteiger charge is 2.15. The fourth-order valence-electron chi connectivity index (χ4n) is 2.84. The highest BCUT2D eigenvalue weighted by Crippen LogP contribution is 2.25. The Balaban J connectivity index is 1.93. The number of nitrogens with zero attached hydrogens (tertiary/aromatic N) is 2. The molecule has 1 aliphatic rings. The highest BCUT2D eigenvalue weighted by atomic mass is 16.5. The minimum Gasteiger partial charge on any atom is -0.397 e. The second-order valence-electron chi connectivity index (χ2n) is 5.69. The number of hydrogen-bond acceptors (Lipinski definition) is 5. The van der Waals surface area contributed by atoms with Gasteiger partial charge in [0.1, 0.15) is 0 Å². The lowest BCUT2D eigenvalue weighted by Gasteiger charge is -2.30. The normalized spacial score (nSPS) is 14.8. The van der Waals surface area contributed by atoms with Gasteiger partial charge in [-0.25, -0.2) is 0 Å². The third-order valence-corrected chi connectivity index (χ3v) is 4.18. The second kappa shape index (κ2) is 8.74. The first-order valence-corrected chi connectivity index (χ1v) is 8.25. The van der Waals surface area contributed by atoms with Crippen LogP contribution in [0.15, 0.2) is 18.2 Å². The van der Waals surface area contributed by atoms with Crippen molar-refractivity contribution in [3.05, 3.63) is 23.8 Å². The minimum atomic E-state index is 0.000768. The first kappa shape index (κ1) is 17.6. The predicted molar refractivity (Wildman–Crippen MR) is 91.5 cm³/mol. The largest absolute Gasteiger partial charge is 0.397 e. The zero-order valence-electron chi connectivity index (χ0n) is 13.8. The van der Waals surface area contributed by atoms with Crippen LogP contribution in [0.2, 0.25) is 0 Å². The number of aryl methyl sites for hydroxylation is 1. The van der Waals surface area contributed by atoms with Crippen molar-refractivity contribution in [2.45, 2.75) is 19.8 Å². The number of aliphatic hydroxyl groups excluding tert-OH is 1. The van der Waals surface area contributed by atoms with E-state index in [1.807, 2.05) is 25.1 Å². The quantitative estimate of drug-likeness (QED) is 0.729. The number of morpholine rings is 1. The van der Waals surface area contributed by atoms with Gasteiger partial charge in [0.25, 0.3) is 0 Å². The number of hydrogen-bond donors (Lipinski definition) is 2. The Morgan fingerprint density at radius 2 is 2.13 bits per heavy atom. The van der Waals surface area contributed by atoms with E-state index >= 15 is 0 Å². The number of carbonyl (C=O) groups excluding carboxylic acids is 1. The number of aliphatic hydroxyl groups is 1. The lowest BCUT2D eigenvalue weighted by molar-refractivity contribution is -0.131. The van der Waals surface area contributed by atoms with Crippen LogP contribution in [0.1, 0.15) is 18.9 Å².